The molecule has 1 aliphatic heterocycles. The minimum Gasteiger partial charge on any atom is -0.283 e. The van der Waals surface area contributed by atoms with E-state index in [-0.39, 0.29) is 22.3 Å². The van der Waals surface area contributed by atoms with Gasteiger partial charge in [-0.25, -0.2) is 9.67 Å². The highest BCUT2D eigenvalue weighted by atomic mass is 35.5. The summed E-state index contributed by atoms with van der Waals surface area (Å²) in [5.74, 6) is -0.356. The van der Waals surface area contributed by atoms with Crippen LogP contribution in [0.4, 0.5) is 5.69 Å². The molecule has 38 heavy (non-hydrogen) atoms. The predicted molar refractivity (Wildman–Crippen MR) is 156 cm³/mol. The first kappa shape index (κ1) is 25.8. The molecular weight excluding hydrogens is 541 g/mol. The lowest BCUT2D eigenvalue weighted by molar-refractivity contribution is -0.122. The number of rotatable bonds is 5. The Bertz CT molecular complexity index is 1650. The zero-order valence-electron chi connectivity index (χ0n) is 20.4. The molecular formula is C28H21Cl2N5O2S. The molecule has 3 aromatic carbocycles. The molecule has 1 amide bonds. The van der Waals surface area contributed by atoms with E-state index in [1.54, 1.807) is 65.1 Å². The van der Waals surface area contributed by atoms with E-state index < -0.39 is 0 Å². The van der Waals surface area contributed by atoms with Gasteiger partial charge in [0.25, 0.3) is 11.5 Å². The molecule has 0 spiro atoms. The van der Waals surface area contributed by atoms with Crippen molar-refractivity contribution in [3.63, 3.8) is 0 Å². The number of halogens is 2. The van der Waals surface area contributed by atoms with Crippen LogP contribution in [0, 0.1) is 6.92 Å². The van der Waals surface area contributed by atoms with Crippen LogP contribution in [0.1, 0.15) is 16.8 Å². The molecule has 2 heterocycles. The van der Waals surface area contributed by atoms with E-state index in [1.165, 1.54) is 5.01 Å². The van der Waals surface area contributed by atoms with Crippen molar-refractivity contribution in [2.75, 3.05) is 0 Å². The third-order valence-electron chi connectivity index (χ3n) is 5.88. The van der Waals surface area contributed by atoms with Crippen molar-refractivity contribution in [1.82, 2.24) is 14.4 Å². The second-order valence-corrected chi connectivity index (χ2v) is 10.3. The van der Waals surface area contributed by atoms with Gasteiger partial charge in [-0.3, -0.25) is 14.3 Å². The van der Waals surface area contributed by atoms with E-state index >= 15 is 0 Å². The Balaban J connectivity index is 1.59. The largest absolute Gasteiger partial charge is 0.297 e. The SMILES string of the molecule is Cc1c(N=C2SC(=Cc3ccc(Cl)cc3)C(=O)N2N=Cc2ccc(Cl)cc2)c(=O)n(-c2ccccc2)n1C. The topological polar surface area (TPSA) is 72.0 Å². The molecule has 1 aliphatic rings. The number of thioether (sulfide) groups is 1. The molecule has 10 heteroatoms. The molecule has 0 radical (unpaired) electrons. The monoisotopic (exact) mass is 561 g/mol. The maximum absolute atomic E-state index is 13.4. The normalized spacial score (nSPS) is 15.9. The first-order valence-corrected chi connectivity index (χ1v) is 13.1. The summed E-state index contributed by atoms with van der Waals surface area (Å²) in [7, 11) is 1.79. The van der Waals surface area contributed by atoms with Crippen molar-refractivity contribution in [3.8, 4) is 5.69 Å². The highest BCUT2D eigenvalue weighted by Gasteiger charge is 2.34. The fourth-order valence-corrected chi connectivity index (χ4v) is 4.97. The lowest BCUT2D eigenvalue weighted by Gasteiger charge is -2.08. The number of aromatic nitrogens is 2. The van der Waals surface area contributed by atoms with Crippen LogP contribution in [0.25, 0.3) is 11.8 Å². The maximum atomic E-state index is 13.4. The Labute approximate surface area is 233 Å². The summed E-state index contributed by atoms with van der Waals surface area (Å²) in [6.45, 7) is 1.81. The Morgan fingerprint density at radius 1 is 0.842 bits per heavy atom. The summed E-state index contributed by atoms with van der Waals surface area (Å²) in [6, 6.07) is 23.5. The van der Waals surface area contributed by atoms with Crippen LogP contribution >= 0.6 is 35.0 Å². The van der Waals surface area contributed by atoms with Crippen LogP contribution in [-0.2, 0) is 11.8 Å². The second kappa shape index (κ2) is 10.9. The number of aliphatic imine (C=N–C) groups is 1. The number of amidine groups is 1. The van der Waals surface area contributed by atoms with Crippen LogP contribution < -0.4 is 5.56 Å². The predicted octanol–water partition coefficient (Wildman–Crippen LogP) is 6.43. The molecule has 0 bridgehead atoms. The van der Waals surface area contributed by atoms with Crippen molar-refractivity contribution in [3.05, 3.63) is 121 Å². The molecule has 1 fully saturated rings. The Morgan fingerprint density at radius 3 is 2.08 bits per heavy atom. The fraction of sp³-hybridized carbons (Fsp3) is 0.0714. The molecule has 0 atom stereocenters. The zero-order chi connectivity index (χ0) is 26.8. The number of benzene rings is 3. The third-order valence-corrected chi connectivity index (χ3v) is 7.34. The van der Waals surface area contributed by atoms with Gasteiger partial charge in [0.2, 0.25) is 0 Å². The van der Waals surface area contributed by atoms with Gasteiger partial charge in [0, 0.05) is 17.1 Å². The molecule has 4 aromatic rings. The molecule has 0 unspecified atom stereocenters. The first-order chi connectivity index (χ1) is 18.3. The molecule has 190 valence electrons. The Morgan fingerprint density at radius 2 is 1.45 bits per heavy atom. The summed E-state index contributed by atoms with van der Waals surface area (Å²) in [6.07, 6.45) is 3.30. The van der Waals surface area contributed by atoms with Gasteiger partial charge >= 0.3 is 0 Å². The number of hydrogen-bond donors (Lipinski definition) is 0. The Kier molecular flexibility index (Phi) is 7.37. The average Bonchev–Trinajstić information content (AvgIpc) is 3.32. The van der Waals surface area contributed by atoms with E-state index in [2.05, 4.69) is 10.1 Å². The van der Waals surface area contributed by atoms with Crippen LogP contribution in [0.5, 0.6) is 0 Å². The molecule has 7 nitrogen and oxygen atoms in total. The molecule has 1 aromatic heterocycles. The third kappa shape index (κ3) is 5.24. The smallest absolute Gasteiger partial charge is 0.283 e. The summed E-state index contributed by atoms with van der Waals surface area (Å²) in [4.78, 5) is 31.9. The fourth-order valence-electron chi connectivity index (χ4n) is 3.80. The van der Waals surface area contributed by atoms with Gasteiger partial charge < -0.3 is 0 Å². The second-order valence-electron chi connectivity index (χ2n) is 8.38. The van der Waals surface area contributed by atoms with E-state index in [1.807, 2.05) is 49.4 Å². The molecule has 0 aliphatic carbocycles. The lowest BCUT2D eigenvalue weighted by Crippen LogP contribution is -2.24. The average molecular weight is 562 g/mol. The lowest BCUT2D eigenvalue weighted by atomic mass is 10.2. The minimum absolute atomic E-state index is 0.228. The van der Waals surface area contributed by atoms with Gasteiger partial charge in [0.15, 0.2) is 10.9 Å². The number of amides is 1. The van der Waals surface area contributed by atoms with Crippen LogP contribution in [0.2, 0.25) is 10.0 Å². The van der Waals surface area contributed by atoms with Crippen molar-refractivity contribution in [2.24, 2.45) is 17.1 Å². The molecule has 5 rings (SSSR count). The van der Waals surface area contributed by atoms with Gasteiger partial charge in [0.05, 0.1) is 22.5 Å². The molecule has 1 saturated heterocycles. The van der Waals surface area contributed by atoms with Gasteiger partial charge in [0.1, 0.15) is 0 Å². The molecule has 0 saturated carbocycles. The number of nitrogens with zero attached hydrogens (tertiary/aromatic N) is 5. The quantitative estimate of drug-likeness (QED) is 0.208. The first-order valence-electron chi connectivity index (χ1n) is 11.5. The van der Waals surface area contributed by atoms with Gasteiger partial charge in [-0.05, 0) is 72.3 Å². The van der Waals surface area contributed by atoms with Gasteiger partial charge in [-0.15, -0.1) is 0 Å². The standard InChI is InChI=1S/C28H21Cl2N5O2S/c1-18-25(27(37)35(33(18)2)23-6-4-3-5-7-23)32-28-34(31-17-20-10-14-22(30)15-11-20)26(36)24(38-28)16-19-8-12-21(29)13-9-19/h3-17H,1-2H3. The van der Waals surface area contributed by atoms with Crippen molar-refractivity contribution in [2.45, 2.75) is 6.92 Å². The maximum Gasteiger partial charge on any atom is 0.297 e. The van der Waals surface area contributed by atoms with Crippen LogP contribution in [0.3, 0.4) is 0 Å². The number of hydrogen-bond acceptors (Lipinski definition) is 5. The van der Waals surface area contributed by atoms with E-state index in [4.69, 9.17) is 23.2 Å². The summed E-state index contributed by atoms with van der Waals surface area (Å²) in [5.41, 5.74) is 2.85. The number of carbonyl (C=O) groups excluding carboxylic acids is 1. The van der Waals surface area contributed by atoms with Crippen LogP contribution in [-0.4, -0.2) is 31.7 Å². The van der Waals surface area contributed by atoms with Crippen molar-refractivity contribution < 1.29 is 4.79 Å². The summed E-state index contributed by atoms with van der Waals surface area (Å²) in [5, 5.41) is 7.10. The number of para-hydroxylation sites is 1. The Hall–Kier alpha value is -3.85. The number of hydrazone groups is 1. The van der Waals surface area contributed by atoms with Gasteiger partial charge in [-0.1, -0.05) is 65.7 Å². The minimum atomic E-state index is -0.356. The van der Waals surface area contributed by atoms with E-state index in [0.29, 0.717) is 26.3 Å². The van der Waals surface area contributed by atoms with E-state index in [0.717, 1.165) is 22.9 Å². The summed E-state index contributed by atoms with van der Waals surface area (Å²) >= 11 is 13.1. The van der Waals surface area contributed by atoms with Crippen molar-refractivity contribution in [1.29, 1.82) is 0 Å². The number of carbonyl (C=O) groups is 1. The van der Waals surface area contributed by atoms with Crippen LogP contribution in [0.15, 0.2) is 98.7 Å². The zero-order valence-corrected chi connectivity index (χ0v) is 22.7. The molecule has 0 N–H and O–H groups in total. The highest BCUT2D eigenvalue weighted by molar-refractivity contribution is 8.18. The van der Waals surface area contributed by atoms with Gasteiger partial charge in [-0.2, -0.15) is 10.1 Å². The van der Waals surface area contributed by atoms with E-state index in [9.17, 15) is 9.59 Å². The highest BCUT2D eigenvalue weighted by Crippen LogP contribution is 2.35. The van der Waals surface area contributed by atoms with Crippen molar-refractivity contribution >= 4 is 64.0 Å². The summed E-state index contributed by atoms with van der Waals surface area (Å²) < 4.78 is 3.28.